The van der Waals surface area contributed by atoms with Gasteiger partial charge in [0, 0.05) is 5.56 Å². The highest BCUT2D eigenvalue weighted by molar-refractivity contribution is 6.32. The van der Waals surface area contributed by atoms with E-state index in [9.17, 15) is 5.11 Å². The van der Waals surface area contributed by atoms with Gasteiger partial charge in [-0.2, -0.15) is 0 Å². The summed E-state index contributed by atoms with van der Waals surface area (Å²) in [5.41, 5.74) is 1.51. The molecule has 0 aliphatic heterocycles. The van der Waals surface area contributed by atoms with E-state index in [1.165, 1.54) is 6.39 Å². The van der Waals surface area contributed by atoms with Crippen molar-refractivity contribution in [3.05, 3.63) is 35.4 Å². The molecule has 0 bridgehead atoms. The average Bonchev–Trinajstić information content (AvgIpc) is 2.57. The number of phenolic OH excluding ortho intramolecular Hbond substituents is 1. The summed E-state index contributed by atoms with van der Waals surface area (Å²) in [5, 5.41) is 9.73. The van der Waals surface area contributed by atoms with E-state index < -0.39 is 0 Å². The molecule has 0 aliphatic carbocycles. The highest BCUT2D eigenvalue weighted by atomic mass is 35.5. The Morgan fingerprint density at radius 2 is 2.21 bits per heavy atom. The van der Waals surface area contributed by atoms with Crippen LogP contribution >= 0.6 is 11.6 Å². The van der Waals surface area contributed by atoms with Gasteiger partial charge in [0.25, 0.3) is 0 Å². The van der Waals surface area contributed by atoms with Crippen LogP contribution in [-0.4, -0.2) is 10.1 Å². The first-order chi connectivity index (χ1) is 6.68. The molecule has 3 nitrogen and oxygen atoms in total. The lowest BCUT2D eigenvalue weighted by Gasteiger charge is -2.00. The maximum absolute atomic E-state index is 9.40. The molecule has 0 spiro atoms. The number of hydrogen-bond acceptors (Lipinski definition) is 3. The van der Waals surface area contributed by atoms with Gasteiger partial charge in [0.1, 0.15) is 17.2 Å². The van der Waals surface area contributed by atoms with E-state index >= 15 is 0 Å². The fourth-order valence-electron chi connectivity index (χ4n) is 1.24. The van der Waals surface area contributed by atoms with Crippen molar-refractivity contribution in [3.63, 3.8) is 0 Å². The molecule has 0 unspecified atom stereocenters. The summed E-state index contributed by atoms with van der Waals surface area (Å²) in [4.78, 5) is 4.04. The predicted octanol–water partition coefficient (Wildman–Crippen LogP) is 3.01. The molecule has 14 heavy (non-hydrogen) atoms. The summed E-state index contributed by atoms with van der Waals surface area (Å²) in [7, 11) is 0. The zero-order valence-electron chi connectivity index (χ0n) is 7.49. The normalized spacial score (nSPS) is 10.4. The molecule has 1 N–H and O–H groups in total. The van der Waals surface area contributed by atoms with Gasteiger partial charge < -0.3 is 9.52 Å². The second-order valence-corrected chi connectivity index (χ2v) is 3.33. The molecule has 72 valence electrons. The van der Waals surface area contributed by atoms with Crippen molar-refractivity contribution in [3.8, 4) is 17.0 Å². The van der Waals surface area contributed by atoms with E-state index in [1.807, 2.05) is 6.92 Å². The van der Waals surface area contributed by atoms with E-state index in [4.69, 9.17) is 16.0 Å². The summed E-state index contributed by atoms with van der Waals surface area (Å²) in [6.07, 6.45) is 1.37. The molecule has 0 radical (unpaired) electrons. The van der Waals surface area contributed by atoms with Gasteiger partial charge in [0.15, 0.2) is 6.39 Å². The Balaban J connectivity index is 2.53. The maximum atomic E-state index is 9.40. The van der Waals surface area contributed by atoms with Gasteiger partial charge in [0.2, 0.25) is 0 Å². The first kappa shape index (κ1) is 9.09. The van der Waals surface area contributed by atoms with Crippen LogP contribution in [0.2, 0.25) is 5.02 Å². The lowest BCUT2D eigenvalue weighted by Crippen LogP contribution is -1.80. The van der Waals surface area contributed by atoms with Gasteiger partial charge in [0.05, 0.1) is 5.02 Å². The fraction of sp³-hybridized carbons (Fsp3) is 0.100. The first-order valence-electron chi connectivity index (χ1n) is 4.07. The topological polar surface area (TPSA) is 46.3 Å². The Morgan fingerprint density at radius 3 is 2.79 bits per heavy atom. The Bertz CT molecular complexity index is 465. The standard InChI is InChI=1S/C10H8ClNO2/c1-6-10(12-5-14-6)7-2-3-8(11)9(13)4-7/h2-5,13H,1H3. The summed E-state index contributed by atoms with van der Waals surface area (Å²) < 4.78 is 5.06. The summed E-state index contributed by atoms with van der Waals surface area (Å²) in [5.74, 6) is 0.762. The molecule has 2 rings (SSSR count). The highest BCUT2D eigenvalue weighted by Crippen LogP contribution is 2.29. The number of nitrogens with zero attached hydrogens (tertiary/aromatic N) is 1. The van der Waals surface area contributed by atoms with Crippen LogP contribution in [0.1, 0.15) is 5.76 Å². The average molecular weight is 210 g/mol. The molecule has 0 aliphatic rings. The van der Waals surface area contributed by atoms with E-state index in [0.29, 0.717) is 10.8 Å². The van der Waals surface area contributed by atoms with Crippen LogP contribution in [0.15, 0.2) is 29.0 Å². The zero-order chi connectivity index (χ0) is 10.1. The number of halogens is 1. The van der Waals surface area contributed by atoms with Crippen molar-refractivity contribution in [2.45, 2.75) is 6.92 Å². The van der Waals surface area contributed by atoms with Crippen molar-refractivity contribution < 1.29 is 9.52 Å². The Labute approximate surface area is 86.0 Å². The quantitative estimate of drug-likeness (QED) is 0.785. The van der Waals surface area contributed by atoms with E-state index in [2.05, 4.69) is 4.98 Å². The fourth-order valence-corrected chi connectivity index (χ4v) is 1.36. The lowest BCUT2D eigenvalue weighted by atomic mass is 10.1. The molecule has 1 aromatic carbocycles. The van der Waals surface area contributed by atoms with Crippen molar-refractivity contribution in [2.24, 2.45) is 0 Å². The minimum Gasteiger partial charge on any atom is -0.506 e. The third-order valence-electron chi connectivity index (χ3n) is 1.96. The molecule has 0 atom stereocenters. The minimum absolute atomic E-state index is 0.0477. The van der Waals surface area contributed by atoms with Crippen LogP contribution in [0.25, 0.3) is 11.3 Å². The summed E-state index contributed by atoms with van der Waals surface area (Å²) in [6.45, 7) is 1.81. The molecule has 2 aromatic rings. The van der Waals surface area contributed by atoms with Crippen molar-refractivity contribution >= 4 is 11.6 Å². The Morgan fingerprint density at radius 1 is 1.43 bits per heavy atom. The third-order valence-corrected chi connectivity index (χ3v) is 2.28. The highest BCUT2D eigenvalue weighted by Gasteiger charge is 2.08. The van der Waals surface area contributed by atoms with Crippen molar-refractivity contribution in [2.75, 3.05) is 0 Å². The van der Waals surface area contributed by atoms with Crippen LogP contribution in [0, 0.1) is 6.92 Å². The number of phenols is 1. The largest absolute Gasteiger partial charge is 0.506 e. The Hall–Kier alpha value is -1.48. The van der Waals surface area contributed by atoms with Crippen LogP contribution in [-0.2, 0) is 0 Å². The van der Waals surface area contributed by atoms with Gasteiger partial charge >= 0.3 is 0 Å². The van der Waals surface area contributed by atoms with E-state index in [0.717, 1.165) is 11.3 Å². The Kier molecular flexibility index (Phi) is 2.17. The van der Waals surface area contributed by atoms with Crippen LogP contribution in [0.5, 0.6) is 5.75 Å². The summed E-state index contributed by atoms with van der Waals surface area (Å²) >= 11 is 5.69. The van der Waals surface area contributed by atoms with Gasteiger partial charge in [-0.15, -0.1) is 0 Å². The number of hydrogen-bond donors (Lipinski definition) is 1. The minimum atomic E-state index is 0.0477. The maximum Gasteiger partial charge on any atom is 0.181 e. The number of aromatic hydroxyl groups is 1. The lowest BCUT2D eigenvalue weighted by molar-refractivity contribution is 0.476. The van der Waals surface area contributed by atoms with E-state index in [-0.39, 0.29) is 5.75 Å². The third kappa shape index (κ3) is 1.46. The summed E-state index contributed by atoms with van der Waals surface area (Å²) in [6, 6.07) is 4.97. The number of aromatic nitrogens is 1. The number of rotatable bonds is 1. The molecule has 1 heterocycles. The molecular weight excluding hydrogens is 202 g/mol. The molecule has 1 aromatic heterocycles. The van der Waals surface area contributed by atoms with Crippen molar-refractivity contribution in [1.82, 2.24) is 4.98 Å². The van der Waals surface area contributed by atoms with Gasteiger partial charge in [-0.25, -0.2) is 4.98 Å². The molecule has 0 saturated carbocycles. The number of aryl methyl sites for hydroxylation is 1. The van der Waals surface area contributed by atoms with E-state index in [1.54, 1.807) is 18.2 Å². The predicted molar refractivity (Wildman–Crippen MR) is 53.4 cm³/mol. The molecule has 0 saturated heterocycles. The SMILES string of the molecule is Cc1ocnc1-c1ccc(Cl)c(O)c1. The first-order valence-corrected chi connectivity index (χ1v) is 4.45. The monoisotopic (exact) mass is 209 g/mol. The number of benzene rings is 1. The molecule has 0 fully saturated rings. The van der Waals surface area contributed by atoms with Crippen LogP contribution < -0.4 is 0 Å². The molecule has 0 amide bonds. The van der Waals surface area contributed by atoms with Crippen molar-refractivity contribution in [1.29, 1.82) is 0 Å². The van der Waals surface area contributed by atoms with Crippen LogP contribution in [0.4, 0.5) is 0 Å². The van der Waals surface area contributed by atoms with Gasteiger partial charge in [-0.05, 0) is 19.1 Å². The second kappa shape index (κ2) is 3.35. The molecule has 4 heteroatoms. The smallest absolute Gasteiger partial charge is 0.181 e. The second-order valence-electron chi connectivity index (χ2n) is 2.92. The molecular formula is C10H8ClNO2. The zero-order valence-corrected chi connectivity index (χ0v) is 8.25. The number of oxazole rings is 1. The van der Waals surface area contributed by atoms with Gasteiger partial charge in [-0.1, -0.05) is 17.7 Å². The van der Waals surface area contributed by atoms with Crippen LogP contribution in [0.3, 0.4) is 0 Å². The van der Waals surface area contributed by atoms with Gasteiger partial charge in [-0.3, -0.25) is 0 Å².